The van der Waals surface area contributed by atoms with Gasteiger partial charge in [0.25, 0.3) is 5.69 Å². The Labute approximate surface area is 116 Å². The van der Waals surface area contributed by atoms with Crippen LogP contribution in [0.25, 0.3) is 0 Å². The van der Waals surface area contributed by atoms with Gasteiger partial charge in [0.15, 0.2) is 0 Å². The summed E-state index contributed by atoms with van der Waals surface area (Å²) < 4.78 is 24.6. The molecule has 0 saturated heterocycles. The van der Waals surface area contributed by atoms with Gasteiger partial charge in [0.2, 0.25) is 10.0 Å². The Kier molecular flexibility index (Phi) is 5.10. The Morgan fingerprint density at radius 2 is 2.05 bits per heavy atom. The molecule has 7 nitrogen and oxygen atoms in total. The van der Waals surface area contributed by atoms with E-state index in [2.05, 4.69) is 10.0 Å². The largest absolute Gasteiger partial charge is 0.384 e. The molecule has 0 spiro atoms. The molecule has 9 heteroatoms. The normalized spacial score (nSPS) is 11.3. The third-order valence-corrected chi connectivity index (χ3v) is 4.15. The van der Waals surface area contributed by atoms with E-state index in [0.29, 0.717) is 11.3 Å². The summed E-state index contributed by atoms with van der Waals surface area (Å²) >= 11 is 5.78. The van der Waals surface area contributed by atoms with Gasteiger partial charge in [-0.2, -0.15) is 0 Å². The van der Waals surface area contributed by atoms with Gasteiger partial charge >= 0.3 is 0 Å². The van der Waals surface area contributed by atoms with Crippen molar-refractivity contribution in [3.05, 3.63) is 32.8 Å². The zero-order valence-electron chi connectivity index (χ0n) is 10.4. The van der Waals surface area contributed by atoms with E-state index in [1.165, 1.54) is 19.2 Å². The van der Waals surface area contributed by atoms with E-state index in [4.69, 9.17) is 11.6 Å². The smallest absolute Gasteiger partial charge is 0.288 e. The summed E-state index contributed by atoms with van der Waals surface area (Å²) in [5.41, 5.74) is 1.02. The van der Waals surface area contributed by atoms with Crippen LogP contribution in [0.3, 0.4) is 0 Å². The lowest BCUT2D eigenvalue weighted by molar-refractivity contribution is -0.384. The second-order valence-electron chi connectivity index (χ2n) is 3.83. The van der Waals surface area contributed by atoms with E-state index in [-0.39, 0.29) is 23.0 Å². The third kappa shape index (κ3) is 4.34. The van der Waals surface area contributed by atoms with Crippen LogP contribution in [0.1, 0.15) is 5.56 Å². The summed E-state index contributed by atoms with van der Waals surface area (Å²) in [6.07, 6.45) is 0. The van der Waals surface area contributed by atoms with Crippen molar-refractivity contribution < 1.29 is 13.3 Å². The Morgan fingerprint density at radius 3 is 2.58 bits per heavy atom. The highest BCUT2D eigenvalue weighted by Gasteiger charge is 2.15. The maximum absolute atomic E-state index is 11.2. The highest BCUT2D eigenvalue weighted by molar-refractivity contribution is 7.89. The molecule has 2 N–H and O–H groups in total. The number of halogens is 1. The average molecular weight is 308 g/mol. The fraction of sp³-hybridized carbons (Fsp3) is 0.400. The Hall–Kier alpha value is -1.38. The summed E-state index contributed by atoms with van der Waals surface area (Å²) in [5, 5.41) is 13.6. The van der Waals surface area contributed by atoms with Gasteiger partial charge < -0.3 is 5.32 Å². The van der Waals surface area contributed by atoms with Crippen LogP contribution >= 0.6 is 11.6 Å². The minimum absolute atomic E-state index is 0.00886. The van der Waals surface area contributed by atoms with E-state index in [9.17, 15) is 18.5 Å². The maximum atomic E-state index is 11.2. The zero-order chi connectivity index (χ0) is 14.6. The van der Waals surface area contributed by atoms with Crippen molar-refractivity contribution in [3.63, 3.8) is 0 Å². The maximum Gasteiger partial charge on any atom is 0.288 e. The van der Waals surface area contributed by atoms with Crippen LogP contribution in [-0.2, 0) is 10.0 Å². The molecule has 0 fully saturated rings. The van der Waals surface area contributed by atoms with E-state index >= 15 is 0 Å². The molecule has 1 aromatic rings. The minimum atomic E-state index is -3.29. The van der Waals surface area contributed by atoms with Crippen LogP contribution in [0.15, 0.2) is 12.1 Å². The molecule has 1 aromatic carbocycles. The number of hydrogen-bond donors (Lipinski definition) is 2. The number of rotatable bonds is 6. The van der Waals surface area contributed by atoms with Gasteiger partial charge in [0, 0.05) is 18.3 Å². The lowest BCUT2D eigenvalue weighted by atomic mass is 10.2. The van der Waals surface area contributed by atoms with Crippen LogP contribution < -0.4 is 10.0 Å². The van der Waals surface area contributed by atoms with Gasteiger partial charge in [-0.3, -0.25) is 10.1 Å². The van der Waals surface area contributed by atoms with Crippen LogP contribution in [0.5, 0.6) is 0 Å². The lowest BCUT2D eigenvalue weighted by Crippen LogP contribution is -2.26. The summed E-state index contributed by atoms with van der Waals surface area (Å²) in [6.45, 7) is 1.86. The molecule has 0 aliphatic heterocycles. The molecule has 0 aliphatic carbocycles. The van der Waals surface area contributed by atoms with Crippen molar-refractivity contribution in [1.29, 1.82) is 0 Å². The molecule has 0 bridgehead atoms. The second kappa shape index (κ2) is 6.18. The first-order valence-electron chi connectivity index (χ1n) is 5.36. The standard InChI is InChI=1S/C10H14ClN3O4S/c1-7-5-10(14(15)16)8(11)6-9(7)13-3-4-19(17,18)12-2/h5-6,12-13H,3-4H2,1-2H3. The number of benzene rings is 1. The first kappa shape index (κ1) is 15.7. The Balaban J connectivity index is 2.81. The van der Waals surface area contributed by atoms with E-state index in [1.807, 2.05) is 0 Å². The van der Waals surface area contributed by atoms with Crippen molar-refractivity contribution in [1.82, 2.24) is 4.72 Å². The predicted molar refractivity (Wildman–Crippen MR) is 74.2 cm³/mol. The number of anilines is 1. The number of hydrogen-bond acceptors (Lipinski definition) is 5. The van der Waals surface area contributed by atoms with Crippen molar-refractivity contribution in [2.75, 3.05) is 24.7 Å². The molecular formula is C10H14ClN3O4S. The van der Waals surface area contributed by atoms with Crippen molar-refractivity contribution in [2.24, 2.45) is 0 Å². The lowest BCUT2D eigenvalue weighted by Gasteiger charge is -2.10. The fourth-order valence-corrected chi connectivity index (χ4v) is 2.23. The summed E-state index contributed by atoms with van der Waals surface area (Å²) in [5.74, 6) is -0.0997. The van der Waals surface area contributed by atoms with Gasteiger partial charge in [0.05, 0.1) is 10.7 Å². The van der Waals surface area contributed by atoms with Crippen molar-refractivity contribution in [3.8, 4) is 0 Å². The van der Waals surface area contributed by atoms with Gasteiger partial charge in [-0.15, -0.1) is 0 Å². The highest BCUT2D eigenvalue weighted by Crippen LogP contribution is 2.30. The number of nitro benzene ring substituents is 1. The fourth-order valence-electron chi connectivity index (χ4n) is 1.42. The summed E-state index contributed by atoms with van der Waals surface area (Å²) in [6, 6.07) is 2.76. The van der Waals surface area contributed by atoms with E-state index in [1.54, 1.807) is 6.92 Å². The number of sulfonamides is 1. The first-order valence-corrected chi connectivity index (χ1v) is 7.39. The van der Waals surface area contributed by atoms with Gasteiger partial charge in [-0.05, 0) is 25.6 Å². The monoisotopic (exact) mass is 307 g/mol. The SMILES string of the molecule is CNS(=O)(=O)CCNc1cc(Cl)c([N+](=O)[O-])cc1C. The highest BCUT2D eigenvalue weighted by atomic mass is 35.5. The molecule has 0 atom stereocenters. The first-order chi connectivity index (χ1) is 8.76. The molecular weight excluding hydrogens is 294 g/mol. The molecule has 0 radical (unpaired) electrons. The van der Waals surface area contributed by atoms with Crippen LogP contribution in [0, 0.1) is 17.0 Å². The predicted octanol–water partition coefficient (Wildman–Crippen LogP) is 1.52. The van der Waals surface area contributed by atoms with E-state index < -0.39 is 14.9 Å². The summed E-state index contributed by atoms with van der Waals surface area (Å²) in [7, 11) is -1.95. The summed E-state index contributed by atoms with van der Waals surface area (Å²) in [4.78, 5) is 10.1. The Morgan fingerprint density at radius 1 is 1.42 bits per heavy atom. The number of nitro groups is 1. The molecule has 0 aromatic heterocycles. The molecule has 0 aliphatic rings. The van der Waals surface area contributed by atoms with Crippen molar-refractivity contribution >= 4 is 33.0 Å². The number of nitrogens with one attached hydrogen (secondary N) is 2. The molecule has 106 valence electrons. The average Bonchev–Trinajstić information content (AvgIpc) is 2.32. The van der Waals surface area contributed by atoms with Gasteiger partial charge in [-0.25, -0.2) is 13.1 Å². The van der Waals surface area contributed by atoms with Gasteiger partial charge in [0.1, 0.15) is 5.02 Å². The zero-order valence-corrected chi connectivity index (χ0v) is 12.0. The molecule has 1 rings (SSSR count). The number of nitrogens with zero attached hydrogens (tertiary/aromatic N) is 1. The molecule has 0 unspecified atom stereocenters. The van der Waals surface area contributed by atoms with E-state index in [0.717, 1.165) is 0 Å². The molecule has 19 heavy (non-hydrogen) atoms. The van der Waals surface area contributed by atoms with Crippen LogP contribution in [0.2, 0.25) is 5.02 Å². The van der Waals surface area contributed by atoms with Crippen LogP contribution in [-0.4, -0.2) is 32.7 Å². The number of aryl methyl sites for hydroxylation is 1. The minimum Gasteiger partial charge on any atom is -0.384 e. The molecule has 0 saturated carbocycles. The van der Waals surface area contributed by atoms with Gasteiger partial charge in [-0.1, -0.05) is 11.6 Å². The molecule has 0 heterocycles. The molecule has 0 amide bonds. The second-order valence-corrected chi connectivity index (χ2v) is 6.28. The topological polar surface area (TPSA) is 101 Å². The Bertz CT molecular complexity index is 589. The van der Waals surface area contributed by atoms with Crippen LogP contribution in [0.4, 0.5) is 11.4 Å². The third-order valence-electron chi connectivity index (χ3n) is 2.49. The quantitative estimate of drug-likeness (QED) is 0.613. The van der Waals surface area contributed by atoms with Crippen molar-refractivity contribution in [2.45, 2.75) is 6.92 Å².